The van der Waals surface area contributed by atoms with E-state index >= 15 is 0 Å². The molecule has 0 amide bonds. The topological polar surface area (TPSA) is 49.5 Å². The van der Waals surface area contributed by atoms with Gasteiger partial charge in [-0.15, -0.1) is 0 Å². The van der Waals surface area contributed by atoms with E-state index in [4.69, 9.17) is 9.52 Å². The van der Waals surface area contributed by atoms with Crippen molar-refractivity contribution in [1.82, 2.24) is 9.88 Å². The average molecular weight is 252 g/mol. The molecule has 1 saturated carbocycles. The maximum Gasteiger partial charge on any atom is 0.208 e. The number of aromatic nitrogens is 1. The van der Waals surface area contributed by atoms with Gasteiger partial charge >= 0.3 is 0 Å². The van der Waals surface area contributed by atoms with Crippen molar-refractivity contribution >= 4 is 0 Å². The highest BCUT2D eigenvalue weighted by Crippen LogP contribution is 2.27. The number of hydrogen-bond acceptors (Lipinski definition) is 4. The molecule has 18 heavy (non-hydrogen) atoms. The molecule has 1 heterocycles. The Morgan fingerprint density at radius 2 is 2.17 bits per heavy atom. The summed E-state index contributed by atoms with van der Waals surface area (Å²) in [5, 5.41) is 9.12. The Kier molecular flexibility index (Phi) is 4.07. The lowest BCUT2D eigenvalue weighted by molar-refractivity contribution is 0.0852. The van der Waals surface area contributed by atoms with Crippen LogP contribution in [0.1, 0.15) is 51.7 Å². The van der Waals surface area contributed by atoms with E-state index < -0.39 is 0 Å². The van der Waals surface area contributed by atoms with E-state index in [0.29, 0.717) is 19.1 Å². The number of nitrogens with zero attached hydrogens (tertiary/aromatic N) is 2. The first-order valence-corrected chi connectivity index (χ1v) is 6.81. The van der Waals surface area contributed by atoms with Gasteiger partial charge in [-0.05, 0) is 12.8 Å². The van der Waals surface area contributed by atoms with Gasteiger partial charge in [0.2, 0.25) is 5.89 Å². The standard InChI is InChI=1S/C14H24N2O2/c1-14(2,3)12-9-15-13(18-12)10-16(7-8-17)11-5-4-6-11/h9,11,17H,4-8,10H2,1-3H3. The predicted octanol–water partition coefficient (Wildman–Crippen LogP) is 2.32. The lowest BCUT2D eigenvalue weighted by atomic mass is 9.91. The van der Waals surface area contributed by atoms with Crippen molar-refractivity contribution in [2.75, 3.05) is 13.2 Å². The van der Waals surface area contributed by atoms with Crippen LogP contribution in [0.25, 0.3) is 0 Å². The zero-order valence-electron chi connectivity index (χ0n) is 11.6. The Hall–Kier alpha value is -0.870. The van der Waals surface area contributed by atoms with Gasteiger partial charge in [-0.25, -0.2) is 4.98 Å². The number of aliphatic hydroxyl groups excluding tert-OH is 1. The molecule has 4 heteroatoms. The second kappa shape index (κ2) is 5.41. The van der Waals surface area contributed by atoms with Gasteiger partial charge in [-0.3, -0.25) is 4.90 Å². The minimum Gasteiger partial charge on any atom is -0.444 e. The number of rotatable bonds is 5. The Bertz CT molecular complexity index is 377. The van der Waals surface area contributed by atoms with Crippen LogP contribution in [0.2, 0.25) is 0 Å². The van der Waals surface area contributed by atoms with E-state index in [1.807, 2.05) is 6.20 Å². The molecule has 1 aromatic rings. The fourth-order valence-corrected chi connectivity index (χ4v) is 2.17. The number of aliphatic hydroxyl groups is 1. The summed E-state index contributed by atoms with van der Waals surface area (Å²) < 4.78 is 5.81. The second-order valence-electron chi connectivity index (χ2n) is 6.15. The van der Waals surface area contributed by atoms with Crippen molar-refractivity contribution < 1.29 is 9.52 Å². The molecular formula is C14H24N2O2. The summed E-state index contributed by atoms with van der Waals surface area (Å²) in [6.45, 7) is 7.97. The first-order chi connectivity index (χ1) is 8.50. The SMILES string of the molecule is CC(C)(C)c1cnc(CN(CCO)C2CCC2)o1. The van der Waals surface area contributed by atoms with Crippen LogP contribution in [-0.2, 0) is 12.0 Å². The molecule has 0 aliphatic heterocycles. The van der Waals surface area contributed by atoms with Gasteiger partial charge in [0.05, 0.1) is 19.3 Å². The molecule has 1 aromatic heterocycles. The molecular weight excluding hydrogens is 228 g/mol. The summed E-state index contributed by atoms with van der Waals surface area (Å²) in [7, 11) is 0. The van der Waals surface area contributed by atoms with Gasteiger partial charge in [0.1, 0.15) is 5.76 Å². The van der Waals surface area contributed by atoms with Crippen molar-refractivity contribution in [2.45, 2.75) is 58.0 Å². The lowest BCUT2D eigenvalue weighted by Gasteiger charge is -2.36. The van der Waals surface area contributed by atoms with Crippen LogP contribution in [0.3, 0.4) is 0 Å². The van der Waals surface area contributed by atoms with Crippen LogP contribution in [0.5, 0.6) is 0 Å². The van der Waals surface area contributed by atoms with Gasteiger partial charge in [0, 0.05) is 18.0 Å². The molecule has 0 saturated heterocycles. The Balaban J connectivity index is 2.00. The van der Waals surface area contributed by atoms with Crippen LogP contribution in [-0.4, -0.2) is 34.2 Å². The highest BCUT2D eigenvalue weighted by Gasteiger charge is 2.26. The summed E-state index contributed by atoms with van der Waals surface area (Å²) in [6, 6.07) is 0.599. The molecule has 0 bridgehead atoms. The quantitative estimate of drug-likeness (QED) is 0.873. The molecule has 102 valence electrons. The van der Waals surface area contributed by atoms with Crippen molar-refractivity contribution in [3.63, 3.8) is 0 Å². The molecule has 0 spiro atoms. The summed E-state index contributed by atoms with van der Waals surface area (Å²) in [5.74, 6) is 1.69. The fraction of sp³-hybridized carbons (Fsp3) is 0.786. The molecule has 0 atom stereocenters. The molecule has 0 unspecified atom stereocenters. The third-order valence-electron chi connectivity index (χ3n) is 3.61. The first kappa shape index (κ1) is 13.6. The summed E-state index contributed by atoms with van der Waals surface area (Å²) in [6.07, 6.45) is 5.58. The van der Waals surface area contributed by atoms with E-state index in [0.717, 1.165) is 11.7 Å². The second-order valence-corrected chi connectivity index (χ2v) is 6.15. The summed E-state index contributed by atoms with van der Waals surface area (Å²) in [4.78, 5) is 6.64. The van der Waals surface area contributed by atoms with Crippen molar-refractivity contribution in [1.29, 1.82) is 0 Å². The predicted molar refractivity (Wildman–Crippen MR) is 70.3 cm³/mol. The van der Waals surface area contributed by atoms with Crippen LogP contribution in [0.4, 0.5) is 0 Å². The highest BCUT2D eigenvalue weighted by atomic mass is 16.4. The monoisotopic (exact) mass is 252 g/mol. The van der Waals surface area contributed by atoms with E-state index in [2.05, 4.69) is 30.7 Å². The molecule has 0 aromatic carbocycles. The Morgan fingerprint density at radius 3 is 2.61 bits per heavy atom. The Morgan fingerprint density at radius 1 is 1.44 bits per heavy atom. The summed E-state index contributed by atoms with van der Waals surface area (Å²) >= 11 is 0. The third-order valence-corrected chi connectivity index (χ3v) is 3.61. The third kappa shape index (κ3) is 3.12. The smallest absolute Gasteiger partial charge is 0.208 e. The molecule has 2 rings (SSSR count). The Labute approximate surface area is 109 Å². The van der Waals surface area contributed by atoms with Gasteiger partial charge in [0.15, 0.2) is 0 Å². The highest BCUT2D eigenvalue weighted by molar-refractivity contribution is 5.06. The molecule has 1 aliphatic rings. The van der Waals surface area contributed by atoms with E-state index in [9.17, 15) is 0 Å². The van der Waals surface area contributed by atoms with Gasteiger partial charge in [-0.2, -0.15) is 0 Å². The van der Waals surface area contributed by atoms with Crippen LogP contribution in [0.15, 0.2) is 10.6 Å². The molecule has 1 fully saturated rings. The van der Waals surface area contributed by atoms with Crippen LogP contribution < -0.4 is 0 Å². The van der Waals surface area contributed by atoms with Crippen LogP contribution >= 0.6 is 0 Å². The maximum absolute atomic E-state index is 9.12. The van der Waals surface area contributed by atoms with E-state index in [1.165, 1.54) is 19.3 Å². The van der Waals surface area contributed by atoms with Gasteiger partial charge < -0.3 is 9.52 Å². The first-order valence-electron chi connectivity index (χ1n) is 6.81. The molecule has 4 nitrogen and oxygen atoms in total. The fourth-order valence-electron chi connectivity index (χ4n) is 2.17. The van der Waals surface area contributed by atoms with E-state index in [1.54, 1.807) is 0 Å². The zero-order valence-corrected chi connectivity index (χ0v) is 11.6. The number of hydrogen-bond donors (Lipinski definition) is 1. The zero-order chi connectivity index (χ0) is 13.2. The van der Waals surface area contributed by atoms with Crippen molar-refractivity contribution in [3.8, 4) is 0 Å². The van der Waals surface area contributed by atoms with Gasteiger partial charge in [-0.1, -0.05) is 27.2 Å². The largest absolute Gasteiger partial charge is 0.444 e. The minimum atomic E-state index is 0.00350. The molecule has 0 radical (unpaired) electrons. The maximum atomic E-state index is 9.12. The molecule has 1 N–H and O–H groups in total. The van der Waals surface area contributed by atoms with Crippen molar-refractivity contribution in [2.24, 2.45) is 0 Å². The lowest BCUT2D eigenvalue weighted by Crippen LogP contribution is -2.41. The number of oxazole rings is 1. The van der Waals surface area contributed by atoms with Crippen LogP contribution in [0, 0.1) is 0 Å². The minimum absolute atomic E-state index is 0.00350. The molecule has 1 aliphatic carbocycles. The van der Waals surface area contributed by atoms with E-state index in [-0.39, 0.29) is 12.0 Å². The normalized spacial score (nSPS) is 17.2. The van der Waals surface area contributed by atoms with Crippen molar-refractivity contribution in [3.05, 3.63) is 17.8 Å². The summed E-state index contributed by atoms with van der Waals surface area (Å²) in [5.41, 5.74) is 0.00350. The average Bonchev–Trinajstić information content (AvgIpc) is 2.63. The van der Waals surface area contributed by atoms with Gasteiger partial charge in [0.25, 0.3) is 0 Å².